The fraction of sp³-hybridized carbons (Fsp3) is 0.333. The summed E-state index contributed by atoms with van der Waals surface area (Å²) in [5.74, 6) is 0.542. The molecular formula is C6H8ClN7. The van der Waals surface area contributed by atoms with Crippen LogP contribution in [0.2, 0.25) is 5.15 Å². The van der Waals surface area contributed by atoms with Crippen LogP contribution < -0.4 is 5.73 Å². The summed E-state index contributed by atoms with van der Waals surface area (Å²) >= 11 is 5.97. The second-order valence-electron chi connectivity index (χ2n) is 2.66. The van der Waals surface area contributed by atoms with Gasteiger partial charge in [0.25, 0.3) is 0 Å². The van der Waals surface area contributed by atoms with Crippen molar-refractivity contribution >= 4 is 11.6 Å². The Balaban J connectivity index is 2.54. The van der Waals surface area contributed by atoms with Gasteiger partial charge in [0.1, 0.15) is 5.69 Å². The molecule has 0 atom stereocenters. The first-order valence-electron chi connectivity index (χ1n) is 3.89. The molecule has 0 fully saturated rings. The molecule has 0 bridgehead atoms. The monoisotopic (exact) mass is 213 g/mol. The minimum Gasteiger partial charge on any atom is -0.324 e. The van der Waals surface area contributed by atoms with E-state index >= 15 is 0 Å². The average Bonchev–Trinajstić information content (AvgIpc) is 2.75. The SMILES string of the molecule is Cn1ncc(-n2nnnc2CN)c1Cl. The normalized spacial score (nSPS) is 10.8. The molecule has 8 heteroatoms. The summed E-state index contributed by atoms with van der Waals surface area (Å²) in [5, 5.41) is 15.5. The quantitative estimate of drug-likeness (QED) is 0.727. The summed E-state index contributed by atoms with van der Waals surface area (Å²) in [5.41, 5.74) is 6.08. The molecule has 0 radical (unpaired) electrons. The zero-order valence-electron chi connectivity index (χ0n) is 7.42. The molecule has 0 amide bonds. The molecule has 0 saturated heterocycles. The van der Waals surface area contributed by atoms with E-state index in [1.165, 1.54) is 9.36 Å². The van der Waals surface area contributed by atoms with Gasteiger partial charge in [-0.3, -0.25) is 4.68 Å². The predicted molar refractivity (Wildman–Crippen MR) is 48.8 cm³/mol. The lowest BCUT2D eigenvalue weighted by atomic mass is 10.5. The molecule has 0 saturated carbocycles. The lowest BCUT2D eigenvalue weighted by Gasteiger charge is -1.99. The number of tetrazole rings is 1. The maximum atomic E-state index is 5.97. The average molecular weight is 214 g/mol. The summed E-state index contributed by atoms with van der Waals surface area (Å²) in [6.45, 7) is 0.248. The van der Waals surface area contributed by atoms with Crippen LogP contribution in [0.15, 0.2) is 6.20 Å². The Labute approximate surface area is 84.5 Å². The molecule has 2 N–H and O–H groups in total. The number of aryl methyl sites for hydroxylation is 1. The van der Waals surface area contributed by atoms with E-state index in [0.29, 0.717) is 16.7 Å². The highest BCUT2D eigenvalue weighted by molar-refractivity contribution is 6.31. The van der Waals surface area contributed by atoms with Gasteiger partial charge in [0.05, 0.1) is 12.7 Å². The van der Waals surface area contributed by atoms with Crippen LogP contribution in [-0.2, 0) is 13.6 Å². The van der Waals surface area contributed by atoms with Gasteiger partial charge in [-0.05, 0) is 10.4 Å². The zero-order valence-corrected chi connectivity index (χ0v) is 8.18. The second kappa shape index (κ2) is 3.35. The largest absolute Gasteiger partial charge is 0.324 e. The lowest BCUT2D eigenvalue weighted by Crippen LogP contribution is -2.08. The lowest BCUT2D eigenvalue weighted by molar-refractivity contribution is 0.752. The van der Waals surface area contributed by atoms with Gasteiger partial charge < -0.3 is 5.73 Å². The number of aromatic nitrogens is 6. The third kappa shape index (κ3) is 1.26. The van der Waals surface area contributed by atoms with Crippen molar-refractivity contribution < 1.29 is 0 Å². The van der Waals surface area contributed by atoms with Gasteiger partial charge in [0.15, 0.2) is 11.0 Å². The van der Waals surface area contributed by atoms with Crippen molar-refractivity contribution in [3.63, 3.8) is 0 Å². The molecule has 2 aromatic heterocycles. The van der Waals surface area contributed by atoms with E-state index in [4.69, 9.17) is 17.3 Å². The Morgan fingerprint density at radius 2 is 2.36 bits per heavy atom. The summed E-state index contributed by atoms with van der Waals surface area (Å²) in [6, 6.07) is 0. The molecule has 0 aliphatic heterocycles. The maximum Gasteiger partial charge on any atom is 0.170 e. The van der Waals surface area contributed by atoms with E-state index in [9.17, 15) is 0 Å². The summed E-state index contributed by atoms with van der Waals surface area (Å²) in [7, 11) is 1.73. The van der Waals surface area contributed by atoms with Gasteiger partial charge in [-0.25, -0.2) is 0 Å². The van der Waals surface area contributed by atoms with Gasteiger partial charge in [0, 0.05) is 7.05 Å². The third-order valence-corrected chi connectivity index (χ3v) is 2.23. The Morgan fingerprint density at radius 3 is 2.93 bits per heavy atom. The zero-order chi connectivity index (χ0) is 10.1. The standard InChI is InChI=1S/C6H8ClN7/c1-13-6(7)4(3-9-13)14-5(2-8)10-11-12-14/h3H,2,8H2,1H3. The minimum absolute atomic E-state index is 0.248. The second-order valence-corrected chi connectivity index (χ2v) is 3.01. The smallest absolute Gasteiger partial charge is 0.170 e. The van der Waals surface area contributed by atoms with Crippen molar-refractivity contribution in [2.45, 2.75) is 6.54 Å². The van der Waals surface area contributed by atoms with Crippen LogP contribution in [0.25, 0.3) is 5.69 Å². The Hall–Kier alpha value is -1.47. The van der Waals surface area contributed by atoms with Crippen molar-refractivity contribution in [2.24, 2.45) is 12.8 Å². The van der Waals surface area contributed by atoms with E-state index in [2.05, 4.69) is 20.6 Å². The third-order valence-electron chi connectivity index (χ3n) is 1.79. The molecule has 2 aromatic rings. The maximum absolute atomic E-state index is 5.97. The first kappa shape index (κ1) is 9.10. The molecule has 0 aliphatic rings. The highest BCUT2D eigenvalue weighted by Crippen LogP contribution is 2.18. The minimum atomic E-state index is 0.248. The number of nitrogens with zero attached hydrogens (tertiary/aromatic N) is 6. The van der Waals surface area contributed by atoms with Gasteiger partial charge >= 0.3 is 0 Å². The van der Waals surface area contributed by atoms with E-state index < -0.39 is 0 Å². The molecule has 0 spiro atoms. The molecule has 2 rings (SSSR count). The van der Waals surface area contributed by atoms with Crippen molar-refractivity contribution in [1.82, 2.24) is 30.0 Å². The highest BCUT2D eigenvalue weighted by atomic mass is 35.5. The van der Waals surface area contributed by atoms with Gasteiger partial charge in [-0.2, -0.15) is 9.78 Å². The predicted octanol–water partition coefficient (Wildman–Crippen LogP) is -0.492. The van der Waals surface area contributed by atoms with Crippen LogP contribution in [0.4, 0.5) is 0 Å². The van der Waals surface area contributed by atoms with Crippen LogP contribution >= 0.6 is 11.6 Å². The van der Waals surface area contributed by atoms with Gasteiger partial charge in [0.2, 0.25) is 0 Å². The van der Waals surface area contributed by atoms with E-state index in [-0.39, 0.29) is 6.54 Å². The first-order valence-corrected chi connectivity index (χ1v) is 4.27. The van der Waals surface area contributed by atoms with Crippen LogP contribution in [0, 0.1) is 0 Å². The summed E-state index contributed by atoms with van der Waals surface area (Å²) < 4.78 is 2.99. The Morgan fingerprint density at radius 1 is 1.57 bits per heavy atom. The van der Waals surface area contributed by atoms with Gasteiger partial charge in [-0.1, -0.05) is 11.6 Å². The van der Waals surface area contributed by atoms with Crippen molar-refractivity contribution in [1.29, 1.82) is 0 Å². The molecule has 74 valence electrons. The molecule has 14 heavy (non-hydrogen) atoms. The number of hydrogen-bond acceptors (Lipinski definition) is 5. The van der Waals surface area contributed by atoms with E-state index in [1.54, 1.807) is 13.2 Å². The molecule has 0 aliphatic carbocycles. The Bertz CT molecular complexity index is 445. The van der Waals surface area contributed by atoms with Crippen LogP contribution in [0.1, 0.15) is 5.82 Å². The van der Waals surface area contributed by atoms with Gasteiger partial charge in [-0.15, -0.1) is 5.10 Å². The highest BCUT2D eigenvalue weighted by Gasteiger charge is 2.13. The fourth-order valence-corrected chi connectivity index (χ4v) is 1.25. The molecule has 2 heterocycles. The summed E-state index contributed by atoms with van der Waals surface area (Å²) in [6.07, 6.45) is 1.58. The van der Waals surface area contributed by atoms with Crippen molar-refractivity contribution in [3.8, 4) is 5.69 Å². The van der Waals surface area contributed by atoms with Crippen LogP contribution in [0.5, 0.6) is 0 Å². The van der Waals surface area contributed by atoms with Crippen LogP contribution in [0.3, 0.4) is 0 Å². The topological polar surface area (TPSA) is 87.4 Å². The number of halogens is 1. The summed E-state index contributed by atoms with van der Waals surface area (Å²) in [4.78, 5) is 0. The van der Waals surface area contributed by atoms with E-state index in [1.807, 2.05) is 0 Å². The number of hydrogen-bond donors (Lipinski definition) is 1. The van der Waals surface area contributed by atoms with Crippen LogP contribution in [-0.4, -0.2) is 30.0 Å². The molecular weight excluding hydrogens is 206 g/mol. The van der Waals surface area contributed by atoms with E-state index in [0.717, 1.165) is 0 Å². The molecule has 7 nitrogen and oxygen atoms in total. The van der Waals surface area contributed by atoms with Crippen molar-refractivity contribution in [2.75, 3.05) is 0 Å². The molecule has 0 unspecified atom stereocenters. The Kier molecular flexibility index (Phi) is 2.18. The number of rotatable bonds is 2. The van der Waals surface area contributed by atoms with Crippen molar-refractivity contribution in [3.05, 3.63) is 17.2 Å². The first-order chi connectivity index (χ1) is 6.74. The number of nitrogens with two attached hydrogens (primary N) is 1. The molecule has 0 aromatic carbocycles. The fourth-order valence-electron chi connectivity index (χ4n) is 1.07.